The van der Waals surface area contributed by atoms with E-state index in [1.165, 1.54) is 24.1 Å². The SMILES string of the molecule is CCNC(=NCCCCN(CC)CC)NCCc1cc(C)ccc1OC. The molecule has 0 fully saturated rings. The van der Waals surface area contributed by atoms with Crippen LogP contribution in [0.2, 0.25) is 0 Å². The molecule has 148 valence electrons. The van der Waals surface area contributed by atoms with Gasteiger partial charge in [-0.3, -0.25) is 4.99 Å². The summed E-state index contributed by atoms with van der Waals surface area (Å²) in [6.07, 6.45) is 3.24. The molecule has 0 radical (unpaired) electrons. The van der Waals surface area contributed by atoms with Crippen LogP contribution >= 0.6 is 0 Å². The molecule has 0 spiro atoms. The number of nitrogens with one attached hydrogen (secondary N) is 2. The number of unbranched alkanes of at least 4 members (excludes halogenated alkanes) is 1. The number of rotatable bonds is 12. The number of guanidine groups is 1. The van der Waals surface area contributed by atoms with Gasteiger partial charge in [0.1, 0.15) is 5.75 Å². The molecule has 0 unspecified atom stereocenters. The van der Waals surface area contributed by atoms with E-state index < -0.39 is 0 Å². The molecule has 0 amide bonds. The van der Waals surface area contributed by atoms with E-state index >= 15 is 0 Å². The maximum absolute atomic E-state index is 5.46. The lowest BCUT2D eigenvalue weighted by molar-refractivity contribution is 0.297. The molecule has 0 saturated heterocycles. The molecule has 1 rings (SSSR count). The van der Waals surface area contributed by atoms with Crippen LogP contribution in [0, 0.1) is 6.92 Å². The molecule has 0 heterocycles. The second kappa shape index (κ2) is 13.5. The van der Waals surface area contributed by atoms with E-state index in [9.17, 15) is 0 Å². The first kappa shape index (κ1) is 22.3. The van der Waals surface area contributed by atoms with E-state index in [1.807, 2.05) is 6.07 Å². The second-order valence-electron chi connectivity index (χ2n) is 6.49. The summed E-state index contributed by atoms with van der Waals surface area (Å²) in [6, 6.07) is 6.32. The summed E-state index contributed by atoms with van der Waals surface area (Å²) in [5, 5.41) is 6.76. The number of aryl methyl sites for hydroxylation is 1. The normalized spacial score (nSPS) is 11.7. The molecule has 5 heteroatoms. The third kappa shape index (κ3) is 8.56. The lowest BCUT2D eigenvalue weighted by Gasteiger charge is -2.17. The second-order valence-corrected chi connectivity index (χ2v) is 6.49. The Morgan fingerprint density at radius 2 is 1.88 bits per heavy atom. The lowest BCUT2D eigenvalue weighted by Crippen LogP contribution is -2.38. The monoisotopic (exact) mass is 362 g/mol. The van der Waals surface area contributed by atoms with Crippen LogP contribution in [0.3, 0.4) is 0 Å². The van der Waals surface area contributed by atoms with Crippen LogP contribution in [0.15, 0.2) is 23.2 Å². The van der Waals surface area contributed by atoms with Crippen molar-refractivity contribution in [1.29, 1.82) is 0 Å². The zero-order valence-electron chi connectivity index (χ0n) is 17.4. The molecule has 0 aliphatic heterocycles. The Morgan fingerprint density at radius 1 is 1.12 bits per heavy atom. The predicted molar refractivity (Wildman–Crippen MR) is 112 cm³/mol. The zero-order chi connectivity index (χ0) is 19.2. The van der Waals surface area contributed by atoms with Gasteiger partial charge in [-0.15, -0.1) is 0 Å². The van der Waals surface area contributed by atoms with Crippen molar-refractivity contribution in [2.75, 3.05) is 46.4 Å². The number of benzene rings is 1. The number of methoxy groups -OCH3 is 1. The van der Waals surface area contributed by atoms with Crippen LogP contribution in [0.4, 0.5) is 0 Å². The number of hydrogen-bond acceptors (Lipinski definition) is 3. The fraction of sp³-hybridized carbons (Fsp3) is 0.667. The molecule has 0 aromatic heterocycles. The quantitative estimate of drug-likeness (QED) is 0.340. The molecule has 0 saturated carbocycles. The topological polar surface area (TPSA) is 48.9 Å². The first-order chi connectivity index (χ1) is 12.6. The Morgan fingerprint density at radius 3 is 2.54 bits per heavy atom. The van der Waals surface area contributed by atoms with E-state index in [-0.39, 0.29) is 0 Å². The number of aliphatic imine (C=N–C) groups is 1. The van der Waals surface area contributed by atoms with Gasteiger partial charge in [-0.1, -0.05) is 31.5 Å². The van der Waals surface area contributed by atoms with Crippen molar-refractivity contribution in [3.8, 4) is 5.75 Å². The largest absolute Gasteiger partial charge is 0.496 e. The van der Waals surface area contributed by atoms with Crippen molar-refractivity contribution < 1.29 is 4.74 Å². The summed E-state index contributed by atoms with van der Waals surface area (Å²) in [5.74, 6) is 1.86. The molecule has 0 aliphatic carbocycles. The van der Waals surface area contributed by atoms with Gasteiger partial charge in [0.15, 0.2) is 5.96 Å². The van der Waals surface area contributed by atoms with Crippen LogP contribution in [-0.4, -0.2) is 57.2 Å². The number of hydrogen-bond donors (Lipinski definition) is 2. The maximum Gasteiger partial charge on any atom is 0.191 e. The van der Waals surface area contributed by atoms with Crippen molar-refractivity contribution in [2.24, 2.45) is 4.99 Å². The van der Waals surface area contributed by atoms with Crippen molar-refractivity contribution >= 4 is 5.96 Å². The Hall–Kier alpha value is -1.75. The third-order valence-corrected chi connectivity index (χ3v) is 4.51. The highest BCUT2D eigenvalue weighted by molar-refractivity contribution is 5.79. The summed E-state index contributed by atoms with van der Waals surface area (Å²) in [7, 11) is 1.73. The molecular formula is C21H38N4O. The minimum Gasteiger partial charge on any atom is -0.496 e. The Bertz CT molecular complexity index is 527. The number of ether oxygens (including phenoxy) is 1. The average molecular weight is 363 g/mol. The van der Waals surface area contributed by atoms with E-state index in [4.69, 9.17) is 9.73 Å². The van der Waals surface area contributed by atoms with Gasteiger partial charge < -0.3 is 20.3 Å². The first-order valence-electron chi connectivity index (χ1n) is 10.0. The molecule has 26 heavy (non-hydrogen) atoms. The van der Waals surface area contributed by atoms with Crippen molar-refractivity contribution in [1.82, 2.24) is 15.5 Å². The predicted octanol–water partition coefficient (Wildman–Crippen LogP) is 3.22. The summed E-state index contributed by atoms with van der Waals surface area (Å²) in [6.45, 7) is 14.7. The van der Waals surface area contributed by atoms with E-state index in [0.29, 0.717) is 0 Å². The molecule has 2 N–H and O–H groups in total. The van der Waals surface area contributed by atoms with Crippen molar-refractivity contribution in [2.45, 2.75) is 47.0 Å². The van der Waals surface area contributed by atoms with Gasteiger partial charge in [0.2, 0.25) is 0 Å². The molecule has 5 nitrogen and oxygen atoms in total. The van der Waals surface area contributed by atoms with Gasteiger partial charge in [-0.25, -0.2) is 0 Å². The number of nitrogens with zero attached hydrogens (tertiary/aromatic N) is 2. The molecule has 0 aliphatic rings. The molecule has 1 aromatic carbocycles. The summed E-state index contributed by atoms with van der Waals surface area (Å²) in [4.78, 5) is 7.16. The standard InChI is InChI=1S/C21H38N4O/c1-6-22-21(23-14-9-10-16-25(7-2)8-3)24-15-13-19-17-18(4)11-12-20(19)26-5/h11-12,17H,6-10,13-16H2,1-5H3,(H2,22,23,24). The smallest absolute Gasteiger partial charge is 0.191 e. The van der Waals surface area contributed by atoms with Gasteiger partial charge in [0.25, 0.3) is 0 Å². The van der Waals surface area contributed by atoms with Crippen molar-refractivity contribution in [3.05, 3.63) is 29.3 Å². The molecular weight excluding hydrogens is 324 g/mol. The molecule has 1 aromatic rings. The minimum absolute atomic E-state index is 0.838. The summed E-state index contributed by atoms with van der Waals surface area (Å²) < 4.78 is 5.46. The molecule has 0 bridgehead atoms. The van der Waals surface area contributed by atoms with E-state index in [2.05, 4.69) is 55.4 Å². The van der Waals surface area contributed by atoms with Crippen LogP contribution in [-0.2, 0) is 6.42 Å². The van der Waals surface area contributed by atoms with E-state index in [0.717, 1.165) is 57.3 Å². The van der Waals surface area contributed by atoms with Gasteiger partial charge in [-0.05, 0) is 64.4 Å². The fourth-order valence-electron chi connectivity index (χ4n) is 2.94. The fourth-order valence-corrected chi connectivity index (χ4v) is 2.94. The highest BCUT2D eigenvalue weighted by Gasteiger charge is 2.04. The third-order valence-electron chi connectivity index (χ3n) is 4.51. The van der Waals surface area contributed by atoms with Crippen LogP contribution in [0.25, 0.3) is 0 Å². The van der Waals surface area contributed by atoms with Gasteiger partial charge in [0, 0.05) is 19.6 Å². The van der Waals surface area contributed by atoms with Crippen LogP contribution < -0.4 is 15.4 Å². The van der Waals surface area contributed by atoms with Gasteiger partial charge >= 0.3 is 0 Å². The average Bonchev–Trinajstić information content (AvgIpc) is 2.65. The first-order valence-corrected chi connectivity index (χ1v) is 10.0. The summed E-state index contributed by atoms with van der Waals surface area (Å²) >= 11 is 0. The lowest BCUT2D eigenvalue weighted by atomic mass is 10.1. The Labute approximate surface area is 160 Å². The Kier molecular flexibility index (Phi) is 11.5. The maximum atomic E-state index is 5.46. The highest BCUT2D eigenvalue weighted by atomic mass is 16.5. The van der Waals surface area contributed by atoms with Gasteiger partial charge in [0.05, 0.1) is 7.11 Å². The summed E-state index contributed by atoms with van der Waals surface area (Å²) in [5.41, 5.74) is 2.49. The van der Waals surface area contributed by atoms with Crippen LogP contribution in [0.1, 0.15) is 44.7 Å². The molecule has 0 atom stereocenters. The zero-order valence-corrected chi connectivity index (χ0v) is 17.4. The van der Waals surface area contributed by atoms with Crippen molar-refractivity contribution in [3.63, 3.8) is 0 Å². The minimum atomic E-state index is 0.838. The van der Waals surface area contributed by atoms with Crippen LogP contribution in [0.5, 0.6) is 5.75 Å². The Balaban J connectivity index is 2.41. The van der Waals surface area contributed by atoms with E-state index in [1.54, 1.807) is 7.11 Å². The highest BCUT2D eigenvalue weighted by Crippen LogP contribution is 2.19. The van der Waals surface area contributed by atoms with Gasteiger partial charge in [-0.2, -0.15) is 0 Å².